The minimum absolute atomic E-state index is 0.114. The van der Waals surface area contributed by atoms with E-state index in [2.05, 4.69) is 4.90 Å². The average Bonchev–Trinajstić information content (AvgIpc) is 3.24. The molecule has 4 atom stereocenters. The van der Waals surface area contributed by atoms with E-state index >= 15 is 0 Å². The number of fused-ring (bicyclic) bond motifs is 2. The van der Waals surface area contributed by atoms with E-state index in [9.17, 15) is 14.7 Å². The highest BCUT2D eigenvalue weighted by atomic mass is 35.5. The second kappa shape index (κ2) is 6.59. The second-order valence-corrected chi connectivity index (χ2v) is 7.52. The zero-order valence-corrected chi connectivity index (χ0v) is 15.2. The van der Waals surface area contributed by atoms with Gasteiger partial charge in [-0.2, -0.15) is 0 Å². The Kier molecular flexibility index (Phi) is 4.40. The standard InChI is InChI=1S/C19H21ClN2O4/c1-11-2-3-12(20)10-13(11)21-6-8-22(9-7-21)18(23)16-14-4-5-15(26-14)17(16)19(24)25/h2-5,10,14-17H,6-9H2,1H3,(H,24,25)/t14-,15-,16-,17-/m1/s1. The zero-order valence-electron chi connectivity index (χ0n) is 14.5. The predicted octanol–water partition coefficient (Wildman–Crippen LogP) is 1.95. The van der Waals surface area contributed by atoms with Crippen molar-refractivity contribution in [2.75, 3.05) is 31.1 Å². The summed E-state index contributed by atoms with van der Waals surface area (Å²) in [5.41, 5.74) is 2.23. The third-order valence-electron chi connectivity index (χ3n) is 5.57. The number of nitrogens with zero attached hydrogens (tertiary/aromatic N) is 2. The number of rotatable bonds is 3. The number of aliphatic carboxylic acids is 1. The van der Waals surface area contributed by atoms with E-state index in [4.69, 9.17) is 16.3 Å². The van der Waals surface area contributed by atoms with Gasteiger partial charge in [-0.3, -0.25) is 9.59 Å². The number of carboxylic acids is 1. The third-order valence-corrected chi connectivity index (χ3v) is 5.81. The van der Waals surface area contributed by atoms with Gasteiger partial charge in [0.2, 0.25) is 5.91 Å². The molecular formula is C19H21ClN2O4. The van der Waals surface area contributed by atoms with Crippen LogP contribution in [0.2, 0.25) is 5.02 Å². The number of carbonyl (C=O) groups excluding carboxylic acids is 1. The van der Waals surface area contributed by atoms with Gasteiger partial charge in [0, 0.05) is 36.9 Å². The Morgan fingerprint density at radius 2 is 1.77 bits per heavy atom. The van der Waals surface area contributed by atoms with E-state index < -0.39 is 30.0 Å². The molecule has 1 aromatic carbocycles. The summed E-state index contributed by atoms with van der Waals surface area (Å²) in [7, 11) is 0. The molecule has 138 valence electrons. The van der Waals surface area contributed by atoms with Crippen LogP contribution >= 0.6 is 11.6 Å². The molecule has 0 unspecified atom stereocenters. The molecule has 0 spiro atoms. The highest BCUT2D eigenvalue weighted by Crippen LogP contribution is 2.40. The van der Waals surface area contributed by atoms with Crippen molar-refractivity contribution in [3.63, 3.8) is 0 Å². The normalized spacial score (nSPS) is 30.1. The summed E-state index contributed by atoms with van der Waals surface area (Å²) in [4.78, 5) is 28.6. The fraction of sp³-hybridized carbons (Fsp3) is 0.474. The van der Waals surface area contributed by atoms with E-state index in [-0.39, 0.29) is 5.91 Å². The van der Waals surface area contributed by atoms with E-state index in [1.54, 1.807) is 11.0 Å². The number of hydrogen-bond acceptors (Lipinski definition) is 4. The highest BCUT2D eigenvalue weighted by Gasteiger charge is 2.54. The molecule has 0 aliphatic carbocycles. The van der Waals surface area contributed by atoms with Crippen molar-refractivity contribution in [2.45, 2.75) is 19.1 Å². The van der Waals surface area contributed by atoms with Gasteiger partial charge in [0.05, 0.1) is 18.1 Å². The molecule has 2 bridgehead atoms. The van der Waals surface area contributed by atoms with Crippen LogP contribution in [0.25, 0.3) is 0 Å². The van der Waals surface area contributed by atoms with Crippen LogP contribution < -0.4 is 4.90 Å². The van der Waals surface area contributed by atoms with Crippen LogP contribution in [0.4, 0.5) is 5.69 Å². The summed E-state index contributed by atoms with van der Waals surface area (Å²) in [6, 6.07) is 5.81. The quantitative estimate of drug-likeness (QED) is 0.816. The summed E-state index contributed by atoms with van der Waals surface area (Å²) < 4.78 is 5.63. The third kappa shape index (κ3) is 2.87. The van der Waals surface area contributed by atoms with E-state index in [0.29, 0.717) is 31.2 Å². The maximum Gasteiger partial charge on any atom is 0.310 e. The van der Waals surface area contributed by atoms with Crippen LogP contribution in [0.3, 0.4) is 0 Å². The molecule has 0 radical (unpaired) electrons. The Bertz CT molecular complexity index is 773. The summed E-state index contributed by atoms with van der Waals surface area (Å²) in [5, 5.41) is 10.2. The van der Waals surface area contributed by atoms with Crippen molar-refractivity contribution >= 4 is 29.2 Å². The van der Waals surface area contributed by atoms with Gasteiger partial charge < -0.3 is 19.6 Å². The molecule has 3 heterocycles. The van der Waals surface area contributed by atoms with Crippen LogP contribution in [-0.2, 0) is 14.3 Å². The number of hydrogen-bond donors (Lipinski definition) is 1. The van der Waals surface area contributed by atoms with Gasteiger partial charge in [0.1, 0.15) is 5.92 Å². The van der Waals surface area contributed by atoms with Gasteiger partial charge in [-0.05, 0) is 24.6 Å². The number of halogens is 1. The smallest absolute Gasteiger partial charge is 0.310 e. The molecular weight excluding hydrogens is 356 g/mol. The van der Waals surface area contributed by atoms with Gasteiger partial charge in [0.25, 0.3) is 0 Å². The Balaban J connectivity index is 1.45. The Hall–Kier alpha value is -2.05. The van der Waals surface area contributed by atoms with Gasteiger partial charge >= 0.3 is 5.97 Å². The minimum atomic E-state index is -0.964. The summed E-state index contributed by atoms with van der Waals surface area (Å²) in [6.07, 6.45) is 2.68. The van der Waals surface area contributed by atoms with Gasteiger partial charge in [-0.15, -0.1) is 0 Å². The first-order chi connectivity index (χ1) is 12.5. The Morgan fingerprint density at radius 1 is 1.12 bits per heavy atom. The maximum absolute atomic E-state index is 13.0. The molecule has 1 aromatic rings. The lowest BCUT2D eigenvalue weighted by Gasteiger charge is -2.38. The second-order valence-electron chi connectivity index (χ2n) is 7.08. The SMILES string of the molecule is Cc1ccc(Cl)cc1N1CCN(C(=O)[C@H]2[C@H](C(=O)O)[C@H]3C=C[C@H]2O3)CC1. The average molecular weight is 377 g/mol. The highest BCUT2D eigenvalue weighted by molar-refractivity contribution is 6.30. The fourth-order valence-corrected chi connectivity index (χ4v) is 4.36. The topological polar surface area (TPSA) is 70.1 Å². The number of carbonyl (C=O) groups is 2. The van der Waals surface area contributed by atoms with Crippen LogP contribution in [-0.4, -0.2) is 60.3 Å². The number of carboxylic acid groups (broad SMARTS) is 1. The number of anilines is 1. The van der Waals surface area contributed by atoms with Crippen LogP contribution in [0.5, 0.6) is 0 Å². The molecule has 4 rings (SSSR count). The van der Waals surface area contributed by atoms with Crippen LogP contribution in [0, 0.1) is 18.8 Å². The monoisotopic (exact) mass is 376 g/mol. The molecule has 1 amide bonds. The van der Waals surface area contributed by atoms with Crippen molar-refractivity contribution < 1.29 is 19.4 Å². The van der Waals surface area contributed by atoms with Crippen molar-refractivity contribution in [1.29, 1.82) is 0 Å². The lowest BCUT2D eigenvalue weighted by molar-refractivity contribution is -0.149. The molecule has 1 N–H and O–H groups in total. The molecule has 6 nitrogen and oxygen atoms in total. The van der Waals surface area contributed by atoms with Crippen LogP contribution in [0.15, 0.2) is 30.4 Å². The minimum Gasteiger partial charge on any atom is -0.481 e. The first kappa shape index (κ1) is 17.4. The van der Waals surface area contributed by atoms with Gasteiger partial charge in [-0.1, -0.05) is 29.8 Å². The number of piperazine rings is 1. The summed E-state index contributed by atoms with van der Waals surface area (Å²) >= 11 is 6.12. The Morgan fingerprint density at radius 3 is 2.42 bits per heavy atom. The molecule has 26 heavy (non-hydrogen) atoms. The molecule has 2 fully saturated rings. The molecule has 2 saturated heterocycles. The number of benzene rings is 1. The largest absolute Gasteiger partial charge is 0.481 e. The van der Waals surface area contributed by atoms with Crippen molar-refractivity contribution in [3.8, 4) is 0 Å². The van der Waals surface area contributed by atoms with E-state index in [1.165, 1.54) is 0 Å². The van der Waals surface area contributed by atoms with E-state index in [0.717, 1.165) is 11.3 Å². The maximum atomic E-state index is 13.0. The summed E-state index contributed by atoms with van der Waals surface area (Å²) in [6.45, 7) is 4.56. The van der Waals surface area contributed by atoms with E-state index in [1.807, 2.05) is 31.2 Å². The molecule has 3 aliphatic rings. The lowest BCUT2D eigenvalue weighted by atomic mass is 9.82. The zero-order chi connectivity index (χ0) is 18.4. The van der Waals surface area contributed by atoms with Gasteiger partial charge in [0.15, 0.2) is 0 Å². The first-order valence-electron chi connectivity index (χ1n) is 8.82. The fourth-order valence-electron chi connectivity index (χ4n) is 4.20. The lowest BCUT2D eigenvalue weighted by Crippen LogP contribution is -2.53. The number of ether oxygens (including phenoxy) is 1. The number of aryl methyl sites for hydroxylation is 1. The molecule has 0 aromatic heterocycles. The molecule has 3 aliphatic heterocycles. The predicted molar refractivity (Wildman–Crippen MR) is 97.4 cm³/mol. The number of amides is 1. The van der Waals surface area contributed by atoms with Crippen molar-refractivity contribution in [1.82, 2.24) is 4.90 Å². The van der Waals surface area contributed by atoms with Crippen molar-refractivity contribution in [2.24, 2.45) is 11.8 Å². The Labute approximate surface area is 157 Å². The summed E-state index contributed by atoms with van der Waals surface area (Å²) in [5.74, 6) is -2.49. The van der Waals surface area contributed by atoms with Gasteiger partial charge in [-0.25, -0.2) is 0 Å². The molecule has 7 heteroatoms. The molecule has 0 saturated carbocycles. The van der Waals surface area contributed by atoms with Crippen LogP contribution in [0.1, 0.15) is 5.56 Å². The first-order valence-corrected chi connectivity index (χ1v) is 9.20. The van der Waals surface area contributed by atoms with Crippen molar-refractivity contribution in [3.05, 3.63) is 40.9 Å².